The number of carboxylic acids is 1. The molecule has 0 aliphatic heterocycles. The van der Waals surface area contributed by atoms with Crippen LogP contribution in [0.15, 0.2) is 12.2 Å². The number of carbonyl (C=O) groups is 2. The Morgan fingerprint density at radius 1 is 1.09 bits per heavy atom. The van der Waals surface area contributed by atoms with E-state index in [9.17, 15) is 14.7 Å². The van der Waals surface area contributed by atoms with Gasteiger partial charge in [0.1, 0.15) is 0 Å². The van der Waals surface area contributed by atoms with Crippen molar-refractivity contribution in [1.29, 1.82) is 0 Å². The van der Waals surface area contributed by atoms with Crippen molar-refractivity contribution < 1.29 is 49.0 Å². The van der Waals surface area contributed by atoms with E-state index in [1.165, 1.54) is 0 Å². The number of esters is 1. The molecule has 0 radical (unpaired) electrons. The molecule has 0 aromatic carbocycles. The van der Waals surface area contributed by atoms with Crippen LogP contribution in [-0.4, -0.2) is 18.5 Å². The summed E-state index contributed by atoms with van der Waals surface area (Å²) in [6, 6.07) is 0. The summed E-state index contributed by atoms with van der Waals surface area (Å²) >= 11 is 0. The normalized spacial score (nSPS) is 21.3. The quantitative estimate of drug-likeness (QED) is 0.251. The van der Waals surface area contributed by atoms with Crippen LogP contribution in [0.3, 0.4) is 0 Å². The van der Waals surface area contributed by atoms with E-state index >= 15 is 0 Å². The first kappa shape index (κ1) is 21.7. The molecule has 1 rings (SSSR count). The van der Waals surface area contributed by atoms with Crippen molar-refractivity contribution in [2.45, 2.75) is 64.7 Å². The molecule has 5 heteroatoms. The first-order valence-electron chi connectivity index (χ1n) is 8.19. The number of carboxylic acid groups (broad SMARTS) is 1. The van der Waals surface area contributed by atoms with E-state index in [-0.39, 0.29) is 35.5 Å². The van der Waals surface area contributed by atoms with Crippen LogP contribution in [0, 0.1) is 11.8 Å². The zero-order chi connectivity index (χ0) is 15.5. The van der Waals surface area contributed by atoms with Crippen LogP contribution >= 0.6 is 0 Å². The van der Waals surface area contributed by atoms with Gasteiger partial charge in [0.25, 0.3) is 0 Å². The average Bonchev–Trinajstić information content (AvgIpc) is 2.49. The summed E-state index contributed by atoms with van der Waals surface area (Å²) in [6.07, 6.45) is 12.3. The topological polar surface area (TPSA) is 66.4 Å². The second-order valence-corrected chi connectivity index (χ2v) is 5.74. The molecule has 1 saturated carbocycles. The largest absolute Gasteiger partial charge is 1.00 e. The molecule has 0 heterocycles. The molecule has 0 amide bonds. The molecule has 0 spiro atoms. The van der Waals surface area contributed by atoms with Crippen molar-refractivity contribution in [3.8, 4) is 0 Å². The van der Waals surface area contributed by atoms with E-state index in [4.69, 9.17) is 4.74 Å². The molecule has 120 valence electrons. The summed E-state index contributed by atoms with van der Waals surface area (Å²) in [4.78, 5) is 23.0. The Labute approximate surface area is 156 Å². The number of carbonyl (C=O) groups excluding carboxylic acids is 2. The van der Waals surface area contributed by atoms with Gasteiger partial charge in [-0.2, -0.15) is 0 Å². The second kappa shape index (κ2) is 13.1. The molecular formula is C17H27NaO4. The van der Waals surface area contributed by atoms with Crippen LogP contribution in [0.1, 0.15) is 64.7 Å². The van der Waals surface area contributed by atoms with Crippen LogP contribution in [0.2, 0.25) is 0 Å². The van der Waals surface area contributed by atoms with Crippen molar-refractivity contribution in [2.24, 2.45) is 11.8 Å². The fourth-order valence-electron chi connectivity index (χ4n) is 2.74. The number of hydrogen-bond donors (Lipinski definition) is 0. The molecule has 1 aliphatic carbocycles. The Morgan fingerprint density at radius 3 is 2.36 bits per heavy atom. The number of unbranched alkanes of at least 4 members (excludes halogenated alkanes) is 3. The Morgan fingerprint density at radius 2 is 1.73 bits per heavy atom. The molecule has 0 bridgehead atoms. The molecule has 0 N–H and O–H groups in total. The van der Waals surface area contributed by atoms with Gasteiger partial charge in [-0.1, -0.05) is 38.3 Å². The Kier molecular flexibility index (Phi) is 13.0. The van der Waals surface area contributed by atoms with E-state index in [0.717, 1.165) is 44.9 Å². The van der Waals surface area contributed by atoms with Gasteiger partial charge in [0.2, 0.25) is 0 Å². The number of ether oxygens (including phenoxy) is 1. The Bertz CT molecular complexity index is 355. The van der Waals surface area contributed by atoms with Gasteiger partial charge in [0.15, 0.2) is 0 Å². The molecular weight excluding hydrogens is 291 g/mol. The summed E-state index contributed by atoms with van der Waals surface area (Å²) in [6.45, 7) is 2.53. The van der Waals surface area contributed by atoms with Crippen LogP contribution < -0.4 is 34.7 Å². The smallest absolute Gasteiger partial charge is 0.550 e. The van der Waals surface area contributed by atoms with Crippen molar-refractivity contribution >= 4 is 11.9 Å². The average molecular weight is 318 g/mol. The number of allylic oxidation sites excluding steroid dienone is 2. The number of rotatable bonds is 9. The Hall–Kier alpha value is -0.320. The van der Waals surface area contributed by atoms with E-state index in [2.05, 4.69) is 19.1 Å². The SMILES string of the molecule is CCC/C=C/CCCCOC(=O)C1CCCCC1C(=O)[O-].[Na+]. The van der Waals surface area contributed by atoms with Crippen molar-refractivity contribution in [1.82, 2.24) is 0 Å². The van der Waals surface area contributed by atoms with Crippen molar-refractivity contribution in [3.63, 3.8) is 0 Å². The van der Waals surface area contributed by atoms with Gasteiger partial charge in [-0.3, -0.25) is 4.79 Å². The maximum Gasteiger partial charge on any atom is 1.00 e. The van der Waals surface area contributed by atoms with Gasteiger partial charge in [-0.05, 0) is 38.5 Å². The van der Waals surface area contributed by atoms with Gasteiger partial charge in [-0.15, -0.1) is 0 Å². The Balaban J connectivity index is 0.00000441. The molecule has 1 aliphatic rings. The summed E-state index contributed by atoms with van der Waals surface area (Å²) in [5.41, 5.74) is 0. The van der Waals surface area contributed by atoms with Gasteiger partial charge in [0, 0.05) is 11.9 Å². The molecule has 1 fully saturated rings. The number of hydrogen-bond acceptors (Lipinski definition) is 4. The second-order valence-electron chi connectivity index (χ2n) is 5.74. The maximum atomic E-state index is 12.0. The van der Waals surface area contributed by atoms with Crippen LogP contribution in [0.4, 0.5) is 0 Å². The molecule has 4 nitrogen and oxygen atoms in total. The van der Waals surface area contributed by atoms with Gasteiger partial charge < -0.3 is 14.6 Å². The monoisotopic (exact) mass is 318 g/mol. The third-order valence-corrected chi connectivity index (χ3v) is 4.00. The molecule has 22 heavy (non-hydrogen) atoms. The van der Waals surface area contributed by atoms with Gasteiger partial charge >= 0.3 is 35.5 Å². The van der Waals surface area contributed by atoms with Crippen LogP contribution in [0.5, 0.6) is 0 Å². The summed E-state index contributed by atoms with van der Waals surface area (Å²) in [7, 11) is 0. The summed E-state index contributed by atoms with van der Waals surface area (Å²) in [5, 5.41) is 11.0. The minimum absolute atomic E-state index is 0. The van der Waals surface area contributed by atoms with Crippen molar-refractivity contribution in [2.75, 3.05) is 6.61 Å². The van der Waals surface area contributed by atoms with E-state index < -0.39 is 17.8 Å². The predicted octanol–water partition coefficient (Wildman–Crippen LogP) is -0.383. The molecule has 0 saturated heterocycles. The molecule has 2 unspecified atom stereocenters. The molecule has 2 atom stereocenters. The first-order chi connectivity index (χ1) is 10.2. The minimum Gasteiger partial charge on any atom is -0.550 e. The molecule has 0 aromatic rings. The van der Waals surface area contributed by atoms with Gasteiger partial charge in [-0.25, -0.2) is 0 Å². The van der Waals surface area contributed by atoms with E-state index in [1.807, 2.05) is 0 Å². The zero-order valence-corrected chi connectivity index (χ0v) is 16.0. The predicted molar refractivity (Wildman–Crippen MR) is 79.3 cm³/mol. The van der Waals surface area contributed by atoms with E-state index in [0.29, 0.717) is 19.4 Å². The van der Waals surface area contributed by atoms with Crippen LogP contribution in [-0.2, 0) is 14.3 Å². The third kappa shape index (κ3) is 8.35. The fourth-order valence-corrected chi connectivity index (χ4v) is 2.74. The third-order valence-electron chi connectivity index (χ3n) is 4.00. The number of aliphatic carboxylic acids is 1. The van der Waals surface area contributed by atoms with Crippen LogP contribution in [0.25, 0.3) is 0 Å². The standard InChI is InChI=1S/C17H28O4.Na/c1-2-3-4-5-6-7-10-13-21-17(20)15-12-9-8-11-14(15)16(18)19;/h4-5,14-15H,2-3,6-13H2,1H3,(H,18,19);/q;+1/p-1/b5-4+;. The zero-order valence-electron chi connectivity index (χ0n) is 14.0. The minimum atomic E-state index is -1.11. The summed E-state index contributed by atoms with van der Waals surface area (Å²) < 4.78 is 5.24. The maximum absolute atomic E-state index is 12.0. The van der Waals surface area contributed by atoms with Crippen molar-refractivity contribution in [3.05, 3.63) is 12.2 Å². The molecule has 0 aromatic heterocycles. The first-order valence-corrected chi connectivity index (χ1v) is 8.19. The van der Waals surface area contributed by atoms with Gasteiger partial charge in [0.05, 0.1) is 12.5 Å². The summed E-state index contributed by atoms with van der Waals surface area (Å²) in [5.74, 6) is -2.64. The fraction of sp³-hybridized carbons (Fsp3) is 0.765. The van der Waals surface area contributed by atoms with E-state index in [1.54, 1.807) is 0 Å².